The molecule has 0 unspecified atom stereocenters. The van der Waals surface area contributed by atoms with E-state index in [1.807, 2.05) is 12.3 Å². The SMILES string of the molecule is Cc1c2cc(C(C)(C)C)cc1-c1cc(-c3ccc(-c4ccccc4)cn3)ccc1Nc1ccccc1-2. The van der Waals surface area contributed by atoms with Gasteiger partial charge < -0.3 is 5.32 Å². The summed E-state index contributed by atoms with van der Waals surface area (Å²) in [5, 5.41) is 3.73. The predicted molar refractivity (Wildman–Crippen MR) is 153 cm³/mol. The fraction of sp³-hybridized carbons (Fsp3) is 0.147. The normalized spacial score (nSPS) is 12.1. The monoisotopic (exact) mass is 466 g/mol. The Hall–Kier alpha value is -4.17. The number of nitrogens with zero attached hydrogens (tertiary/aromatic N) is 1. The molecule has 2 nitrogen and oxygen atoms in total. The van der Waals surface area contributed by atoms with Crippen molar-refractivity contribution in [3.8, 4) is 44.6 Å². The molecular weight excluding hydrogens is 436 g/mol. The molecule has 36 heavy (non-hydrogen) atoms. The summed E-state index contributed by atoms with van der Waals surface area (Å²) in [6.07, 6.45) is 1.97. The van der Waals surface area contributed by atoms with Crippen LogP contribution in [0.3, 0.4) is 0 Å². The highest BCUT2D eigenvalue weighted by Gasteiger charge is 2.23. The Morgan fingerprint density at radius 2 is 1.25 bits per heavy atom. The number of rotatable bonds is 2. The Balaban J connectivity index is 1.52. The topological polar surface area (TPSA) is 24.9 Å². The van der Waals surface area contributed by atoms with Crippen LogP contribution in [0, 0.1) is 6.92 Å². The number of nitrogens with one attached hydrogen (secondary N) is 1. The molecule has 1 N–H and O–H groups in total. The molecule has 0 fully saturated rings. The molecule has 1 aliphatic rings. The minimum atomic E-state index is 0.0470. The van der Waals surface area contributed by atoms with Gasteiger partial charge in [-0.2, -0.15) is 0 Å². The first-order valence-electron chi connectivity index (χ1n) is 12.6. The number of hydrogen-bond donors (Lipinski definition) is 1. The van der Waals surface area contributed by atoms with Crippen molar-refractivity contribution < 1.29 is 0 Å². The number of para-hydroxylation sites is 1. The van der Waals surface area contributed by atoms with Gasteiger partial charge in [-0.25, -0.2) is 0 Å². The Labute approximate surface area is 213 Å². The summed E-state index contributed by atoms with van der Waals surface area (Å²) in [6.45, 7) is 9.12. The lowest BCUT2D eigenvalue weighted by molar-refractivity contribution is 0.590. The summed E-state index contributed by atoms with van der Waals surface area (Å²) < 4.78 is 0. The highest BCUT2D eigenvalue weighted by Crippen LogP contribution is 2.45. The molecule has 176 valence electrons. The molecule has 4 aromatic carbocycles. The maximum absolute atomic E-state index is 4.84. The van der Waals surface area contributed by atoms with Gasteiger partial charge in [0.15, 0.2) is 0 Å². The molecular formula is C34H30N2. The molecule has 2 heteroatoms. The summed E-state index contributed by atoms with van der Waals surface area (Å²) in [4.78, 5) is 4.84. The van der Waals surface area contributed by atoms with Crippen LogP contribution in [0.5, 0.6) is 0 Å². The highest BCUT2D eigenvalue weighted by atomic mass is 14.9. The van der Waals surface area contributed by atoms with E-state index in [4.69, 9.17) is 4.98 Å². The van der Waals surface area contributed by atoms with Crippen molar-refractivity contribution in [2.75, 3.05) is 5.32 Å². The molecule has 2 heterocycles. The van der Waals surface area contributed by atoms with Crippen LogP contribution in [-0.4, -0.2) is 4.98 Å². The van der Waals surface area contributed by atoms with Crippen molar-refractivity contribution >= 4 is 11.4 Å². The Morgan fingerprint density at radius 3 is 1.97 bits per heavy atom. The van der Waals surface area contributed by atoms with E-state index < -0.39 is 0 Å². The van der Waals surface area contributed by atoms with E-state index in [0.717, 1.165) is 28.2 Å². The minimum absolute atomic E-state index is 0.0470. The molecule has 6 rings (SSSR count). The highest BCUT2D eigenvalue weighted by molar-refractivity contribution is 5.95. The van der Waals surface area contributed by atoms with E-state index in [-0.39, 0.29) is 5.41 Å². The number of aromatic nitrogens is 1. The first-order chi connectivity index (χ1) is 17.4. The minimum Gasteiger partial charge on any atom is -0.355 e. The third kappa shape index (κ3) is 3.89. The van der Waals surface area contributed by atoms with Gasteiger partial charge in [0.2, 0.25) is 0 Å². The summed E-state index contributed by atoms with van der Waals surface area (Å²) in [5.74, 6) is 0. The van der Waals surface area contributed by atoms with Gasteiger partial charge in [-0.3, -0.25) is 4.98 Å². The van der Waals surface area contributed by atoms with E-state index in [1.54, 1.807) is 0 Å². The molecule has 0 radical (unpaired) electrons. The van der Waals surface area contributed by atoms with Crippen LogP contribution >= 0.6 is 0 Å². The molecule has 0 aliphatic carbocycles. The molecule has 0 amide bonds. The zero-order valence-corrected chi connectivity index (χ0v) is 21.3. The number of benzene rings is 4. The number of pyridine rings is 1. The molecule has 0 spiro atoms. The second-order valence-electron chi connectivity index (χ2n) is 10.7. The van der Waals surface area contributed by atoms with Crippen molar-refractivity contribution in [1.29, 1.82) is 0 Å². The smallest absolute Gasteiger partial charge is 0.0702 e. The van der Waals surface area contributed by atoms with Crippen molar-refractivity contribution in [2.45, 2.75) is 33.1 Å². The fourth-order valence-electron chi connectivity index (χ4n) is 5.08. The summed E-state index contributed by atoms with van der Waals surface area (Å²) in [5.41, 5.74) is 14.4. The maximum Gasteiger partial charge on any atom is 0.0702 e. The van der Waals surface area contributed by atoms with Gasteiger partial charge >= 0.3 is 0 Å². The lowest BCUT2D eigenvalue weighted by atomic mass is 9.80. The van der Waals surface area contributed by atoms with Crippen LogP contribution in [0.25, 0.3) is 44.6 Å². The summed E-state index contributed by atoms with van der Waals surface area (Å²) in [7, 11) is 0. The van der Waals surface area contributed by atoms with Crippen molar-refractivity contribution in [1.82, 2.24) is 4.98 Å². The van der Waals surface area contributed by atoms with Crippen molar-refractivity contribution in [2.24, 2.45) is 0 Å². The van der Waals surface area contributed by atoms with E-state index in [2.05, 4.69) is 124 Å². The second kappa shape index (κ2) is 8.49. The summed E-state index contributed by atoms with van der Waals surface area (Å²) in [6, 6.07) is 34.7. The largest absolute Gasteiger partial charge is 0.355 e. The first-order valence-corrected chi connectivity index (χ1v) is 12.6. The van der Waals surface area contributed by atoms with Gasteiger partial charge in [-0.05, 0) is 64.4 Å². The van der Waals surface area contributed by atoms with Crippen LogP contribution in [0.4, 0.5) is 11.4 Å². The molecule has 2 bridgehead atoms. The van der Waals surface area contributed by atoms with E-state index in [9.17, 15) is 0 Å². The third-order valence-electron chi connectivity index (χ3n) is 7.24. The quantitative estimate of drug-likeness (QED) is 0.275. The first kappa shape index (κ1) is 22.3. The molecule has 0 saturated heterocycles. The molecule has 5 aromatic rings. The molecule has 0 saturated carbocycles. The standard InChI is InChI=1S/C34H30N2/c1-22-28-19-26(34(2,3)4)20-29(22)30-18-24(14-17-33(30)36-32-13-9-8-12-27(28)32)31-16-15-25(21-35-31)23-10-6-5-7-11-23/h5-21,36H,1-4H3. The van der Waals surface area contributed by atoms with Crippen LogP contribution in [0.2, 0.25) is 0 Å². The lowest BCUT2D eigenvalue weighted by Gasteiger charge is -2.27. The Bertz CT molecular complexity index is 1570. The van der Waals surface area contributed by atoms with E-state index in [1.165, 1.54) is 38.9 Å². The van der Waals surface area contributed by atoms with Gasteiger partial charge in [0, 0.05) is 39.8 Å². The average molecular weight is 467 g/mol. The lowest BCUT2D eigenvalue weighted by Crippen LogP contribution is -2.13. The van der Waals surface area contributed by atoms with Gasteiger partial charge in [-0.1, -0.05) is 93.6 Å². The van der Waals surface area contributed by atoms with E-state index in [0.29, 0.717) is 0 Å². The van der Waals surface area contributed by atoms with Gasteiger partial charge in [0.25, 0.3) is 0 Å². The average Bonchev–Trinajstić information content (AvgIpc) is 2.89. The van der Waals surface area contributed by atoms with Gasteiger partial charge in [0.1, 0.15) is 0 Å². The fourth-order valence-corrected chi connectivity index (χ4v) is 5.08. The van der Waals surface area contributed by atoms with Crippen LogP contribution in [-0.2, 0) is 5.41 Å². The predicted octanol–water partition coefficient (Wildman–Crippen LogP) is 9.41. The summed E-state index contributed by atoms with van der Waals surface area (Å²) >= 11 is 0. The number of anilines is 2. The molecule has 1 aromatic heterocycles. The van der Waals surface area contributed by atoms with Crippen LogP contribution in [0.15, 0.2) is 103 Å². The maximum atomic E-state index is 4.84. The van der Waals surface area contributed by atoms with Crippen LogP contribution in [0.1, 0.15) is 31.9 Å². The third-order valence-corrected chi connectivity index (χ3v) is 7.24. The van der Waals surface area contributed by atoms with Gasteiger partial charge in [0.05, 0.1) is 5.69 Å². The van der Waals surface area contributed by atoms with Crippen molar-refractivity contribution in [3.63, 3.8) is 0 Å². The van der Waals surface area contributed by atoms with Crippen LogP contribution < -0.4 is 5.32 Å². The van der Waals surface area contributed by atoms with E-state index >= 15 is 0 Å². The Morgan fingerprint density at radius 1 is 0.583 bits per heavy atom. The zero-order valence-electron chi connectivity index (χ0n) is 21.3. The Kier molecular flexibility index (Phi) is 5.26. The molecule has 1 aliphatic heterocycles. The molecule has 0 atom stereocenters. The number of hydrogen-bond acceptors (Lipinski definition) is 2. The van der Waals surface area contributed by atoms with Crippen molar-refractivity contribution in [3.05, 3.63) is 114 Å². The second-order valence-corrected chi connectivity index (χ2v) is 10.7. The van der Waals surface area contributed by atoms with Gasteiger partial charge in [-0.15, -0.1) is 0 Å². The zero-order chi connectivity index (χ0) is 24.9. The number of fused-ring (bicyclic) bond motifs is 6.